The zero-order chi connectivity index (χ0) is 16.8. The molecule has 1 unspecified atom stereocenters. The van der Waals surface area contributed by atoms with Crippen molar-refractivity contribution in [2.24, 2.45) is 0 Å². The van der Waals surface area contributed by atoms with Crippen LogP contribution in [0.3, 0.4) is 0 Å². The number of rotatable bonds is 4. The number of anilines is 1. The van der Waals surface area contributed by atoms with Crippen LogP contribution in [0, 0.1) is 18.2 Å². The van der Waals surface area contributed by atoms with Crippen molar-refractivity contribution in [1.29, 1.82) is 0 Å². The normalized spacial score (nSPS) is 11.4. The van der Waals surface area contributed by atoms with Crippen LogP contribution in [0.1, 0.15) is 17.2 Å². The van der Waals surface area contributed by atoms with Crippen molar-refractivity contribution in [3.8, 4) is 12.3 Å². The molecule has 2 amide bonds. The first kappa shape index (κ1) is 16.8. The number of halogens is 2. The second-order valence-electron chi connectivity index (χ2n) is 4.73. The zero-order valence-corrected chi connectivity index (χ0v) is 12.8. The van der Waals surface area contributed by atoms with E-state index in [1.54, 1.807) is 24.3 Å². The van der Waals surface area contributed by atoms with Gasteiger partial charge in [0, 0.05) is 11.3 Å². The van der Waals surface area contributed by atoms with Crippen molar-refractivity contribution < 1.29 is 14.3 Å². The van der Waals surface area contributed by atoms with Gasteiger partial charge < -0.3 is 15.7 Å². The van der Waals surface area contributed by atoms with Crippen LogP contribution in [-0.4, -0.2) is 17.7 Å². The van der Waals surface area contributed by atoms with E-state index in [1.807, 2.05) is 0 Å². The monoisotopic (exact) mass is 332 g/mol. The van der Waals surface area contributed by atoms with E-state index < -0.39 is 17.9 Å². The van der Waals surface area contributed by atoms with E-state index in [2.05, 4.69) is 16.6 Å². The maximum atomic E-state index is 13.5. The molecule has 118 valence electrons. The van der Waals surface area contributed by atoms with Gasteiger partial charge >= 0.3 is 6.03 Å². The number of amides is 2. The molecule has 23 heavy (non-hydrogen) atoms. The lowest BCUT2D eigenvalue weighted by atomic mass is 10.1. The fourth-order valence-corrected chi connectivity index (χ4v) is 2.09. The van der Waals surface area contributed by atoms with Crippen molar-refractivity contribution in [2.45, 2.75) is 6.04 Å². The fraction of sp³-hybridized carbons (Fsp3) is 0.118. The molecule has 2 aromatic rings. The average molecular weight is 333 g/mol. The lowest BCUT2D eigenvalue weighted by molar-refractivity contribution is 0.225. The maximum Gasteiger partial charge on any atom is 0.319 e. The number of hydrogen-bond donors (Lipinski definition) is 3. The Morgan fingerprint density at radius 1 is 1.35 bits per heavy atom. The molecule has 0 aliphatic rings. The molecule has 0 saturated heterocycles. The SMILES string of the molecule is C#Cc1cccc(NC(=O)NC(CO)c2ccc(Cl)c(F)c2)c1. The number of hydrogen-bond acceptors (Lipinski definition) is 2. The van der Waals surface area contributed by atoms with Crippen molar-refractivity contribution in [3.63, 3.8) is 0 Å². The molecule has 0 aliphatic heterocycles. The highest BCUT2D eigenvalue weighted by Crippen LogP contribution is 2.20. The molecule has 0 saturated carbocycles. The first-order chi connectivity index (χ1) is 11.0. The van der Waals surface area contributed by atoms with Crippen LogP contribution in [0.25, 0.3) is 0 Å². The minimum atomic E-state index is -0.766. The molecule has 4 nitrogen and oxygen atoms in total. The predicted molar refractivity (Wildman–Crippen MR) is 87.8 cm³/mol. The van der Waals surface area contributed by atoms with E-state index in [9.17, 15) is 14.3 Å². The van der Waals surface area contributed by atoms with Gasteiger partial charge in [0.25, 0.3) is 0 Å². The minimum absolute atomic E-state index is 0.0269. The van der Waals surface area contributed by atoms with Gasteiger partial charge in [0.2, 0.25) is 0 Å². The van der Waals surface area contributed by atoms with Gasteiger partial charge in [-0.15, -0.1) is 6.42 Å². The standard InChI is InChI=1S/C17H14ClFN2O2/c1-2-11-4-3-5-13(8-11)20-17(23)21-16(10-22)12-6-7-14(18)15(19)9-12/h1,3-9,16,22H,10H2,(H2,20,21,23). The smallest absolute Gasteiger partial charge is 0.319 e. The zero-order valence-electron chi connectivity index (χ0n) is 12.0. The van der Waals surface area contributed by atoms with Gasteiger partial charge in [-0.3, -0.25) is 0 Å². The lowest BCUT2D eigenvalue weighted by Crippen LogP contribution is -2.34. The summed E-state index contributed by atoms with van der Waals surface area (Å²) in [5.41, 5.74) is 1.54. The van der Waals surface area contributed by atoms with Crippen molar-refractivity contribution in [3.05, 3.63) is 64.4 Å². The molecule has 0 heterocycles. The van der Waals surface area contributed by atoms with E-state index >= 15 is 0 Å². The average Bonchev–Trinajstić information content (AvgIpc) is 2.55. The first-order valence-electron chi connectivity index (χ1n) is 6.73. The Hall–Kier alpha value is -2.55. The van der Waals surface area contributed by atoms with E-state index in [4.69, 9.17) is 18.0 Å². The first-order valence-corrected chi connectivity index (χ1v) is 7.11. The Bertz CT molecular complexity index is 758. The molecule has 2 aromatic carbocycles. The van der Waals surface area contributed by atoms with Gasteiger partial charge in [0.15, 0.2) is 0 Å². The minimum Gasteiger partial charge on any atom is -0.394 e. The molecule has 6 heteroatoms. The Labute approximate surface area is 138 Å². The highest BCUT2D eigenvalue weighted by molar-refractivity contribution is 6.30. The van der Waals surface area contributed by atoms with Crippen LogP contribution in [-0.2, 0) is 0 Å². The summed E-state index contributed by atoms with van der Waals surface area (Å²) in [5.74, 6) is 1.85. The Morgan fingerprint density at radius 3 is 2.78 bits per heavy atom. The van der Waals surface area contributed by atoms with Crippen LogP contribution >= 0.6 is 11.6 Å². The quantitative estimate of drug-likeness (QED) is 0.752. The second kappa shape index (κ2) is 7.63. The van der Waals surface area contributed by atoms with Crippen LogP contribution in [0.5, 0.6) is 0 Å². The molecule has 0 radical (unpaired) electrons. The number of aliphatic hydroxyl groups is 1. The Kier molecular flexibility index (Phi) is 5.58. The Balaban J connectivity index is 2.07. The summed E-state index contributed by atoms with van der Waals surface area (Å²) in [6.07, 6.45) is 5.30. The molecule has 3 N–H and O–H groups in total. The summed E-state index contributed by atoms with van der Waals surface area (Å²) in [7, 11) is 0. The Morgan fingerprint density at radius 2 is 2.13 bits per heavy atom. The van der Waals surface area contributed by atoms with Gasteiger partial charge in [-0.05, 0) is 35.9 Å². The maximum absolute atomic E-state index is 13.5. The molecular formula is C17H14ClFN2O2. The number of nitrogens with one attached hydrogen (secondary N) is 2. The lowest BCUT2D eigenvalue weighted by Gasteiger charge is -2.17. The van der Waals surface area contributed by atoms with Crippen LogP contribution in [0.4, 0.5) is 14.9 Å². The second-order valence-corrected chi connectivity index (χ2v) is 5.14. The summed E-state index contributed by atoms with van der Waals surface area (Å²) in [6, 6.07) is 9.51. The van der Waals surface area contributed by atoms with Gasteiger partial charge in [-0.25, -0.2) is 9.18 Å². The van der Waals surface area contributed by atoms with E-state index in [0.29, 0.717) is 16.8 Å². The van der Waals surface area contributed by atoms with Crippen LogP contribution < -0.4 is 10.6 Å². The highest BCUT2D eigenvalue weighted by atomic mass is 35.5. The number of carbonyl (C=O) groups excluding carboxylic acids is 1. The molecule has 0 spiro atoms. The van der Waals surface area contributed by atoms with Crippen LogP contribution in [0.2, 0.25) is 5.02 Å². The van der Waals surface area contributed by atoms with Crippen LogP contribution in [0.15, 0.2) is 42.5 Å². The summed E-state index contributed by atoms with van der Waals surface area (Å²) in [4.78, 5) is 12.0. The molecule has 2 rings (SSSR count). The van der Waals surface area contributed by atoms with Crippen molar-refractivity contribution in [2.75, 3.05) is 11.9 Å². The fourth-order valence-electron chi connectivity index (χ4n) is 1.98. The number of urea groups is 1. The van der Waals surface area contributed by atoms with Gasteiger partial charge in [0.1, 0.15) is 5.82 Å². The number of carbonyl (C=O) groups is 1. The number of terminal acetylenes is 1. The van der Waals surface area contributed by atoms with E-state index in [-0.39, 0.29) is 11.6 Å². The van der Waals surface area contributed by atoms with Gasteiger partial charge in [0.05, 0.1) is 17.7 Å². The third-order valence-corrected chi connectivity index (χ3v) is 3.43. The summed E-state index contributed by atoms with van der Waals surface area (Å²) >= 11 is 5.62. The molecule has 0 bridgehead atoms. The predicted octanol–water partition coefficient (Wildman–Crippen LogP) is 3.32. The summed E-state index contributed by atoms with van der Waals surface area (Å²) in [6.45, 7) is -0.390. The largest absolute Gasteiger partial charge is 0.394 e. The molecule has 1 atom stereocenters. The van der Waals surface area contributed by atoms with E-state index in [1.165, 1.54) is 18.2 Å². The highest BCUT2D eigenvalue weighted by Gasteiger charge is 2.15. The topological polar surface area (TPSA) is 61.4 Å². The number of benzene rings is 2. The van der Waals surface area contributed by atoms with Crippen molar-refractivity contribution >= 4 is 23.3 Å². The molecular weight excluding hydrogens is 319 g/mol. The van der Waals surface area contributed by atoms with Crippen molar-refractivity contribution in [1.82, 2.24) is 5.32 Å². The van der Waals surface area contributed by atoms with Gasteiger partial charge in [-0.1, -0.05) is 29.7 Å². The number of aliphatic hydroxyl groups excluding tert-OH is 1. The summed E-state index contributed by atoms with van der Waals surface area (Å²) in [5, 5.41) is 14.5. The third kappa shape index (κ3) is 4.46. The molecule has 0 aromatic heterocycles. The summed E-state index contributed by atoms with van der Waals surface area (Å²) < 4.78 is 13.5. The molecule has 0 fully saturated rings. The van der Waals surface area contributed by atoms with Gasteiger partial charge in [-0.2, -0.15) is 0 Å². The molecule has 0 aliphatic carbocycles. The third-order valence-electron chi connectivity index (χ3n) is 3.12. The van der Waals surface area contributed by atoms with E-state index in [0.717, 1.165) is 0 Å².